The lowest BCUT2D eigenvalue weighted by atomic mass is 9.97. The fourth-order valence-electron chi connectivity index (χ4n) is 4.44. The first-order chi connectivity index (χ1) is 18.5. The Hall–Kier alpha value is -3.73. The van der Waals surface area contributed by atoms with Crippen molar-refractivity contribution >= 4 is 34.7 Å². The molecule has 2 aromatic carbocycles. The van der Waals surface area contributed by atoms with E-state index in [1.807, 2.05) is 0 Å². The number of thiazole rings is 1. The van der Waals surface area contributed by atoms with Gasteiger partial charge in [0, 0.05) is 62.6 Å². The van der Waals surface area contributed by atoms with Gasteiger partial charge < -0.3 is 15.1 Å². The largest absolute Gasteiger partial charge is 0.416 e. The number of nitrogens with one attached hydrogen (secondary N) is 1. The summed E-state index contributed by atoms with van der Waals surface area (Å²) in [5.74, 6) is -0.455. The Morgan fingerprint density at radius 2 is 1.77 bits per heavy atom. The van der Waals surface area contributed by atoms with Gasteiger partial charge >= 0.3 is 6.18 Å². The van der Waals surface area contributed by atoms with E-state index in [0.717, 1.165) is 17.1 Å². The van der Waals surface area contributed by atoms with E-state index in [1.165, 1.54) is 22.3 Å². The van der Waals surface area contributed by atoms with Crippen molar-refractivity contribution in [3.63, 3.8) is 0 Å². The monoisotopic (exact) mass is 558 g/mol. The average Bonchev–Trinajstić information content (AvgIpc) is 3.42. The van der Waals surface area contributed by atoms with Crippen LogP contribution in [-0.4, -0.2) is 59.7 Å². The average molecular weight is 559 g/mol. The number of carbonyl (C=O) groups excluding carboxylic acids is 3. The minimum atomic E-state index is -4.47. The van der Waals surface area contributed by atoms with E-state index in [4.69, 9.17) is 0 Å². The number of alkyl halides is 3. The molecule has 0 atom stereocenters. The lowest BCUT2D eigenvalue weighted by Gasteiger charge is -2.31. The molecule has 0 aliphatic carbocycles. The molecule has 1 saturated heterocycles. The van der Waals surface area contributed by atoms with Crippen LogP contribution in [0.1, 0.15) is 52.7 Å². The number of benzene rings is 2. The molecular formula is C28H29F3N4O3S. The maximum atomic E-state index is 13.2. The van der Waals surface area contributed by atoms with Crippen molar-refractivity contribution in [2.45, 2.75) is 37.8 Å². The number of likely N-dealkylation sites (tertiary alicyclic amines) is 1. The maximum Gasteiger partial charge on any atom is 0.416 e. The first-order valence-corrected chi connectivity index (χ1v) is 13.4. The number of nitrogens with zero attached hydrogens (tertiary/aromatic N) is 3. The second-order valence-corrected chi connectivity index (χ2v) is 10.5. The van der Waals surface area contributed by atoms with Crippen molar-refractivity contribution in [3.05, 3.63) is 70.2 Å². The van der Waals surface area contributed by atoms with Crippen LogP contribution in [0.2, 0.25) is 0 Å². The number of halogens is 3. The lowest BCUT2D eigenvalue weighted by Crippen LogP contribution is -2.38. The molecule has 0 bridgehead atoms. The van der Waals surface area contributed by atoms with Crippen molar-refractivity contribution in [3.8, 4) is 11.1 Å². The van der Waals surface area contributed by atoms with Gasteiger partial charge in [0.25, 0.3) is 5.91 Å². The highest BCUT2D eigenvalue weighted by Crippen LogP contribution is 2.35. The van der Waals surface area contributed by atoms with Crippen LogP contribution in [0.3, 0.4) is 0 Å². The molecule has 0 radical (unpaired) electrons. The molecule has 206 valence electrons. The predicted octanol–water partition coefficient (Wildman–Crippen LogP) is 5.66. The molecule has 3 aromatic rings. The van der Waals surface area contributed by atoms with E-state index in [0.29, 0.717) is 42.7 Å². The summed E-state index contributed by atoms with van der Waals surface area (Å²) >= 11 is 1.38. The van der Waals surface area contributed by atoms with Gasteiger partial charge in [-0.15, -0.1) is 11.3 Å². The van der Waals surface area contributed by atoms with Crippen LogP contribution in [0.25, 0.3) is 11.1 Å². The normalized spacial score (nSPS) is 14.2. The molecule has 39 heavy (non-hydrogen) atoms. The summed E-state index contributed by atoms with van der Waals surface area (Å²) in [6.07, 6.45) is -2.68. The summed E-state index contributed by atoms with van der Waals surface area (Å²) in [6.45, 7) is 1.12. The number of hydrogen-bond donors (Lipinski definition) is 1. The van der Waals surface area contributed by atoms with Gasteiger partial charge in [-0.1, -0.05) is 30.3 Å². The minimum absolute atomic E-state index is 0.0395. The van der Waals surface area contributed by atoms with Gasteiger partial charge in [0.05, 0.1) is 10.6 Å². The van der Waals surface area contributed by atoms with Gasteiger partial charge in [-0.3, -0.25) is 14.4 Å². The zero-order chi connectivity index (χ0) is 28.2. The van der Waals surface area contributed by atoms with Crippen molar-refractivity contribution in [2.75, 3.05) is 32.5 Å². The van der Waals surface area contributed by atoms with E-state index >= 15 is 0 Å². The van der Waals surface area contributed by atoms with Crippen LogP contribution in [0.15, 0.2) is 53.9 Å². The number of hydrogen-bond acceptors (Lipinski definition) is 5. The smallest absolute Gasteiger partial charge is 0.349 e. The molecule has 0 spiro atoms. The molecule has 1 aliphatic rings. The maximum absolute atomic E-state index is 13.2. The van der Waals surface area contributed by atoms with Crippen molar-refractivity contribution < 1.29 is 27.6 Å². The Balaban J connectivity index is 1.38. The van der Waals surface area contributed by atoms with Gasteiger partial charge in [-0.05, 0) is 36.6 Å². The summed E-state index contributed by atoms with van der Waals surface area (Å²) in [5, 5.41) is 5.27. The highest BCUT2D eigenvalue weighted by Gasteiger charge is 2.31. The summed E-state index contributed by atoms with van der Waals surface area (Å²) in [7, 11) is 3.33. The van der Waals surface area contributed by atoms with E-state index in [9.17, 15) is 27.6 Å². The Bertz CT molecular complexity index is 1350. The first-order valence-electron chi connectivity index (χ1n) is 12.5. The van der Waals surface area contributed by atoms with Gasteiger partial charge in [0.15, 0.2) is 0 Å². The highest BCUT2D eigenvalue weighted by molar-refractivity contribution is 7.10. The molecule has 7 nitrogen and oxygen atoms in total. The number of amides is 3. The number of anilines is 1. The van der Waals surface area contributed by atoms with E-state index in [-0.39, 0.29) is 36.3 Å². The number of para-hydroxylation sites is 1. The third-order valence-corrected chi connectivity index (χ3v) is 7.69. The molecule has 3 amide bonds. The quantitative estimate of drug-likeness (QED) is 0.406. The van der Waals surface area contributed by atoms with E-state index in [2.05, 4.69) is 10.3 Å². The fourth-order valence-corrected chi connectivity index (χ4v) is 5.42. The molecule has 2 heterocycles. The Labute approximate surface area is 228 Å². The minimum Gasteiger partial charge on any atom is -0.349 e. The van der Waals surface area contributed by atoms with Crippen LogP contribution in [0.4, 0.5) is 18.9 Å². The Morgan fingerprint density at radius 1 is 1.05 bits per heavy atom. The number of aromatic nitrogens is 1. The second kappa shape index (κ2) is 12.0. The molecule has 1 N–H and O–H groups in total. The lowest BCUT2D eigenvalue weighted by molar-refractivity contribution is -0.137. The fraction of sp³-hybridized carbons (Fsp3) is 0.357. The standard InChI is InChI=1S/C28H29F3N4O3S/c1-34(2)24(36)10-11-25(37)35-14-12-18(13-15-35)27-33-23(17-39-27)26(38)32-22-9-4-3-8-21(22)19-6-5-7-20(16-19)28(29,30)31/h3-9,16-18H,10-15H2,1-2H3,(H,32,38). The van der Waals surface area contributed by atoms with Crippen LogP contribution in [0.5, 0.6) is 0 Å². The van der Waals surface area contributed by atoms with Crippen LogP contribution < -0.4 is 5.32 Å². The van der Waals surface area contributed by atoms with Gasteiger partial charge in [-0.2, -0.15) is 13.2 Å². The summed E-state index contributed by atoms with van der Waals surface area (Å²) in [6, 6.07) is 11.7. The van der Waals surface area contributed by atoms with E-state index < -0.39 is 17.6 Å². The van der Waals surface area contributed by atoms with Crippen LogP contribution in [0, 0.1) is 0 Å². The first kappa shape index (κ1) is 28.3. The SMILES string of the molecule is CN(C)C(=O)CCC(=O)N1CCC(c2nc(C(=O)Nc3ccccc3-c3cccc(C(F)(F)F)c3)cs2)CC1. The topological polar surface area (TPSA) is 82.6 Å². The summed E-state index contributed by atoms with van der Waals surface area (Å²) < 4.78 is 39.6. The Kier molecular flexibility index (Phi) is 8.69. The van der Waals surface area contributed by atoms with Gasteiger partial charge in [0.1, 0.15) is 5.69 Å². The molecule has 11 heteroatoms. The number of carbonyl (C=O) groups is 3. The number of rotatable bonds is 7. The molecule has 0 saturated carbocycles. The second-order valence-electron chi connectivity index (χ2n) is 9.59. The van der Waals surface area contributed by atoms with Crippen molar-refractivity contribution in [1.29, 1.82) is 0 Å². The van der Waals surface area contributed by atoms with Gasteiger partial charge in [-0.25, -0.2) is 4.98 Å². The third kappa shape index (κ3) is 7.03. The molecular weight excluding hydrogens is 529 g/mol. The van der Waals surface area contributed by atoms with Crippen LogP contribution >= 0.6 is 11.3 Å². The van der Waals surface area contributed by atoms with E-state index in [1.54, 1.807) is 54.7 Å². The van der Waals surface area contributed by atoms with Crippen LogP contribution in [-0.2, 0) is 15.8 Å². The zero-order valence-electron chi connectivity index (χ0n) is 21.6. The van der Waals surface area contributed by atoms with Crippen molar-refractivity contribution in [2.24, 2.45) is 0 Å². The molecule has 1 aromatic heterocycles. The molecule has 0 unspecified atom stereocenters. The molecule has 4 rings (SSSR count). The summed E-state index contributed by atoms with van der Waals surface area (Å²) in [4.78, 5) is 45.0. The van der Waals surface area contributed by atoms with Gasteiger partial charge in [0.2, 0.25) is 11.8 Å². The molecule has 1 fully saturated rings. The molecule has 1 aliphatic heterocycles. The predicted molar refractivity (Wildman–Crippen MR) is 143 cm³/mol. The third-order valence-electron chi connectivity index (χ3n) is 6.68. The zero-order valence-corrected chi connectivity index (χ0v) is 22.4. The van der Waals surface area contributed by atoms with Crippen molar-refractivity contribution in [1.82, 2.24) is 14.8 Å². The summed E-state index contributed by atoms with van der Waals surface area (Å²) in [5.41, 5.74) is 0.661. The Morgan fingerprint density at radius 3 is 2.46 bits per heavy atom. The number of piperidine rings is 1. The highest BCUT2D eigenvalue weighted by atomic mass is 32.1.